The molecular formula is C15H25N3OS. The van der Waals surface area contributed by atoms with Crippen molar-refractivity contribution in [2.24, 2.45) is 0 Å². The molecule has 1 aliphatic heterocycles. The number of carbonyl (C=O) groups is 1. The monoisotopic (exact) mass is 295 g/mol. The van der Waals surface area contributed by atoms with Crippen molar-refractivity contribution in [2.45, 2.75) is 58.5 Å². The highest BCUT2D eigenvalue weighted by Crippen LogP contribution is 2.25. The number of carbonyl (C=O) groups excluding carboxylic acids is 1. The van der Waals surface area contributed by atoms with Gasteiger partial charge in [-0.3, -0.25) is 4.79 Å². The summed E-state index contributed by atoms with van der Waals surface area (Å²) < 4.78 is 0. The zero-order valence-electron chi connectivity index (χ0n) is 12.9. The van der Waals surface area contributed by atoms with Gasteiger partial charge in [0.25, 0.3) is 0 Å². The number of amides is 1. The van der Waals surface area contributed by atoms with Gasteiger partial charge in [0, 0.05) is 43.4 Å². The fourth-order valence-corrected chi connectivity index (χ4v) is 3.29. The maximum Gasteiger partial charge on any atom is 0.219 e. The van der Waals surface area contributed by atoms with Crippen molar-refractivity contribution >= 4 is 17.2 Å². The van der Waals surface area contributed by atoms with Crippen molar-refractivity contribution in [3.05, 3.63) is 16.1 Å². The summed E-state index contributed by atoms with van der Waals surface area (Å²) in [6.07, 6.45) is 2.08. The van der Waals surface area contributed by atoms with Crippen LogP contribution in [0.15, 0.2) is 5.38 Å². The largest absolute Gasteiger partial charge is 0.343 e. The first kappa shape index (κ1) is 15.4. The molecule has 2 heterocycles. The smallest absolute Gasteiger partial charge is 0.219 e. The van der Waals surface area contributed by atoms with Crippen LogP contribution in [0.4, 0.5) is 0 Å². The van der Waals surface area contributed by atoms with Gasteiger partial charge < -0.3 is 10.2 Å². The standard InChI is InChI=1S/C15H25N3OS/c1-11(19)18-7-5-12(6-8-18)16-9-13-10-20-14(17-13)15(2,3)4/h10,12,16H,5-9H2,1-4H3. The third kappa shape index (κ3) is 4.03. The first-order chi connectivity index (χ1) is 9.36. The van der Waals surface area contributed by atoms with Crippen LogP contribution in [0.5, 0.6) is 0 Å². The van der Waals surface area contributed by atoms with Crippen LogP contribution in [0.3, 0.4) is 0 Å². The van der Waals surface area contributed by atoms with E-state index in [-0.39, 0.29) is 11.3 Å². The summed E-state index contributed by atoms with van der Waals surface area (Å²) in [6, 6.07) is 0.505. The van der Waals surface area contributed by atoms with E-state index in [0.29, 0.717) is 6.04 Å². The second-order valence-corrected chi connectivity index (χ2v) is 7.41. The van der Waals surface area contributed by atoms with Crippen molar-refractivity contribution in [3.63, 3.8) is 0 Å². The van der Waals surface area contributed by atoms with Gasteiger partial charge in [0.05, 0.1) is 10.7 Å². The lowest BCUT2D eigenvalue weighted by Gasteiger charge is -2.31. The molecule has 1 N–H and O–H groups in total. The molecule has 2 rings (SSSR count). The van der Waals surface area contributed by atoms with E-state index in [1.54, 1.807) is 18.3 Å². The Hall–Kier alpha value is -0.940. The quantitative estimate of drug-likeness (QED) is 0.932. The highest BCUT2D eigenvalue weighted by atomic mass is 32.1. The lowest BCUT2D eigenvalue weighted by molar-refractivity contribution is -0.129. The lowest BCUT2D eigenvalue weighted by Crippen LogP contribution is -2.44. The molecule has 20 heavy (non-hydrogen) atoms. The third-order valence-electron chi connectivity index (χ3n) is 3.71. The molecule has 112 valence electrons. The molecule has 4 nitrogen and oxygen atoms in total. The molecular weight excluding hydrogens is 270 g/mol. The fraction of sp³-hybridized carbons (Fsp3) is 0.733. The minimum absolute atomic E-state index is 0.135. The summed E-state index contributed by atoms with van der Waals surface area (Å²) >= 11 is 1.74. The Balaban J connectivity index is 1.79. The van der Waals surface area contributed by atoms with Crippen LogP contribution in [0.2, 0.25) is 0 Å². The van der Waals surface area contributed by atoms with Gasteiger partial charge in [0.15, 0.2) is 0 Å². The summed E-state index contributed by atoms with van der Waals surface area (Å²) in [5.74, 6) is 0.192. The van der Waals surface area contributed by atoms with Gasteiger partial charge in [-0.15, -0.1) is 11.3 Å². The summed E-state index contributed by atoms with van der Waals surface area (Å²) in [5.41, 5.74) is 1.27. The first-order valence-corrected chi connectivity index (χ1v) is 8.18. The van der Waals surface area contributed by atoms with Crippen LogP contribution >= 0.6 is 11.3 Å². The predicted molar refractivity (Wildman–Crippen MR) is 82.9 cm³/mol. The SMILES string of the molecule is CC(=O)N1CCC(NCc2csc(C(C)(C)C)n2)CC1. The molecule has 1 aliphatic rings. The minimum atomic E-state index is 0.135. The molecule has 1 fully saturated rings. The molecule has 0 unspecified atom stereocenters. The van der Waals surface area contributed by atoms with Gasteiger partial charge in [-0.05, 0) is 12.8 Å². The molecule has 0 aromatic carbocycles. The molecule has 5 heteroatoms. The topological polar surface area (TPSA) is 45.2 Å². The van der Waals surface area contributed by atoms with E-state index in [9.17, 15) is 4.79 Å². The number of piperidine rings is 1. The number of nitrogens with zero attached hydrogens (tertiary/aromatic N) is 2. The molecule has 1 aromatic rings. The van der Waals surface area contributed by atoms with Gasteiger partial charge in [-0.1, -0.05) is 20.8 Å². The Bertz CT molecular complexity index is 456. The number of thiazole rings is 1. The molecule has 1 aromatic heterocycles. The van der Waals surface area contributed by atoms with E-state index in [2.05, 4.69) is 31.5 Å². The summed E-state index contributed by atoms with van der Waals surface area (Å²) in [5, 5.41) is 6.91. The Labute approximate surface area is 125 Å². The van der Waals surface area contributed by atoms with E-state index in [0.717, 1.165) is 38.2 Å². The lowest BCUT2D eigenvalue weighted by atomic mass is 9.98. The van der Waals surface area contributed by atoms with Gasteiger partial charge in [-0.2, -0.15) is 0 Å². The number of hydrogen-bond donors (Lipinski definition) is 1. The van der Waals surface area contributed by atoms with E-state index < -0.39 is 0 Å². The van der Waals surface area contributed by atoms with Gasteiger partial charge >= 0.3 is 0 Å². The molecule has 0 saturated carbocycles. The average molecular weight is 295 g/mol. The Morgan fingerprint density at radius 1 is 1.45 bits per heavy atom. The highest BCUT2D eigenvalue weighted by molar-refractivity contribution is 7.09. The van der Waals surface area contributed by atoms with Gasteiger partial charge in [0.2, 0.25) is 5.91 Å². The van der Waals surface area contributed by atoms with Gasteiger partial charge in [-0.25, -0.2) is 4.98 Å². The predicted octanol–water partition coefficient (Wildman–Crippen LogP) is 2.54. The fourth-order valence-electron chi connectivity index (χ4n) is 2.38. The molecule has 0 atom stereocenters. The van der Waals surface area contributed by atoms with Crippen molar-refractivity contribution in [1.29, 1.82) is 0 Å². The third-order valence-corrected chi connectivity index (χ3v) is 5.02. The number of likely N-dealkylation sites (tertiary alicyclic amines) is 1. The number of hydrogen-bond acceptors (Lipinski definition) is 4. The zero-order valence-corrected chi connectivity index (χ0v) is 13.7. The summed E-state index contributed by atoms with van der Waals surface area (Å²) in [6.45, 7) is 10.8. The van der Waals surface area contributed by atoms with Crippen molar-refractivity contribution in [2.75, 3.05) is 13.1 Å². The molecule has 0 aliphatic carbocycles. The van der Waals surface area contributed by atoms with E-state index >= 15 is 0 Å². The average Bonchev–Trinajstić information content (AvgIpc) is 2.85. The second-order valence-electron chi connectivity index (χ2n) is 6.56. The normalized spacial score (nSPS) is 17.5. The van der Waals surface area contributed by atoms with Crippen LogP contribution in [0.1, 0.15) is 51.2 Å². The van der Waals surface area contributed by atoms with E-state index in [4.69, 9.17) is 4.98 Å². The molecule has 0 bridgehead atoms. The molecule has 0 radical (unpaired) electrons. The van der Waals surface area contributed by atoms with Crippen LogP contribution in [-0.2, 0) is 16.8 Å². The first-order valence-electron chi connectivity index (χ1n) is 7.30. The maximum atomic E-state index is 11.3. The second kappa shape index (κ2) is 6.22. The number of aromatic nitrogens is 1. The van der Waals surface area contributed by atoms with Crippen molar-refractivity contribution in [3.8, 4) is 0 Å². The Kier molecular flexibility index (Phi) is 4.81. The molecule has 1 saturated heterocycles. The van der Waals surface area contributed by atoms with E-state index in [1.807, 2.05) is 4.90 Å². The maximum absolute atomic E-state index is 11.3. The number of nitrogens with one attached hydrogen (secondary N) is 1. The van der Waals surface area contributed by atoms with Crippen LogP contribution in [-0.4, -0.2) is 34.9 Å². The van der Waals surface area contributed by atoms with Crippen molar-refractivity contribution < 1.29 is 4.79 Å². The van der Waals surface area contributed by atoms with Crippen LogP contribution in [0.25, 0.3) is 0 Å². The highest BCUT2D eigenvalue weighted by Gasteiger charge is 2.21. The minimum Gasteiger partial charge on any atom is -0.343 e. The summed E-state index contributed by atoms with van der Waals surface area (Å²) in [4.78, 5) is 17.9. The van der Waals surface area contributed by atoms with Crippen LogP contribution < -0.4 is 5.32 Å². The van der Waals surface area contributed by atoms with E-state index in [1.165, 1.54) is 5.01 Å². The Morgan fingerprint density at radius 3 is 2.60 bits per heavy atom. The number of rotatable bonds is 3. The Morgan fingerprint density at radius 2 is 2.10 bits per heavy atom. The molecule has 0 spiro atoms. The zero-order chi connectivity index (χ0) is 14.8. The van der Waals surface area contributed by atoms with Crippen molar-refractivity contribution in [1.82, 2.24) is 15.2 Å². The summed E-state index contributed by atoms with van der Waals surface area (Å²) in [7, 11) is 0. The van der Waals surface area contributed by atoms with Crippen LogP contribution in [0, 0.1) is 0 Å². The van der Waals surface area contributed by atoms with Gasteiger partial charge in [0.1, 0.15) is 0 Å². The molecule has 1 amide bonds.